The summed E-state index contributed by atoms with van der Waals surface area (Å²) in [6, 6.07) is 1.67. The Balaban J connectivity index is 1.57. The van der Waals surface area contributed by atoms with Gasteiger partial charge in [0, 0.05) is 18.4 Å². The first-order valence-corrected chi connectivity index (χ1v) is 5.92. The Bertz CT molecular complexity index is 416. The SMILES string of the molecule is Nc1c[nH]c(C(=O)NCC2(C3CC3)CC2)c1. The van der Waals surface area contributed by atoms with E-state index in [2.05, 4.69) is 10.3 Å². The van der Waals surface area contributed by atoms with Crippen molar-refractivity contribution in [3.8, 4) is 0 Å². The minimum absolute atomic E-state index is 0.0383. The van der Waals surface area contributed by atoms with E-state index in [1.807, 2.05) is 0 Å². The molecule has 2 fully saturated rings. The van der Waals surface area contributed by atoms with Gasteiger partial charge in [0.1, 0.15) is 5.69 Å². The molecule has 86 valence electrons. The predicted octanol–water partition coefficient (Wildman–Crippen LogP) is 1.52. The van der Waals surface area contributed by atoms with E-state index >= 15 is 0 Å². The van der Waals surface area contributed by atoms with Crippen LogP contribution in [0.5, 0.6) is 0 Å². The second-order valence-electron chi connectivity index (χ2n) is 5.17. The first kappa shape index (κ1) is 9.75. The fourth-order valence-corrected chi connectivity index (χ4v) is 2.48. The van der Waals surface area contributed by atoms with Crippen molar-refractivity contribution in [1.82, 2.24) is 10.3 Å². The monoisotopic (exact) mass is 219 g/mol. The van der Waals surface area contributed by atoms with Crippen LogP contribution >= 0.6 is 0 Å². The van der Waals surface area contributed by atoms with E-state index in [9.17, 15) is 4.79 Å². The Hall–Kier alpha value is -1.45. The van der Waals surface area contributed by atoms with Crippen molar-refractivity contribution in [1.29, 1.82) is 0 Å². The molecule has 0 spiro atoms. The molecule has 0 radical (unpaired) electrons. The number of carbonyl (C=O) groups is 1. The van der Waals surface area contributed by atoms with Crippen molar-refractivity contribution in [3.63, 3.8) is 0 Å². The number of nitrogens with two attached hydrogens (primary N) is 1. The molecule has 4 heteroatoms. The van der Waals surface area contributed by atoms with Crippen LogP contribution in [0.1, 0.15) is 36.2 Å². The van der Waals surface area contributed by atoms with Crippen molar-refractivity contribution in [3.05, 3.63) is 18.0 Å². The third-order valence-corrected chi connectivity index (χ3v) is 3.89. The molecular weight excluding hydrogens is 202 g/mol. The number of nitrogen functional groups attached to an aromatic ring is 1. The second kappa shape index (κ2) is 3.27. The van der Waals surface area contributed by atoms with E-state index in [1.165, 1.54) is 25.7 Å². The molecule has 1 amide bonds. The van der Waals surface area contributed by atoms with Gasteiger partial charge in [-0.2, -0.15) is 0 Å². The highest BCUT2D eigenvalue weighted by molar-refractivity contribution is 5.93. The molecule has 0 bridgehead atoms. The molecule has 0 atom stereocenters. The van der Waals surface area contributed by atoms with Crippen LogP contribution in [0, 0.1) is 11.3 Å². The highest BCUT2D eigenvalue weighted by Crippen LogP contribution is 2.60. The number of nitrogens with one attached hydrogen (secondary N) is 2. The van der Waals surface area contributed by atoms with Crippen molar-refractivity contribution in [2.24, 2.45) is 11.3 Å². The van der Waals surface area contributed by atoms with Crippen LogP contribution in [0.15, 0.2) is 12.3 Å². The van der Waals surface area contributed by atoms with E-state index in [0.29, 0.717) is 16.8 Å². The predicted molar refractivity (Wildman–Crippen MR) is 61.9 cm³/mol. The minimum atomic E-state index is -0.0383. The fourth-order valence-electron chi connectivity index (χ4n) is 2.48. The normalized spacial score (nSPS) is 21.8. The molecule has 2 aliphatic carbocycles. The minimum Gasteiger partial charge on any atom is -0.397 e. The number of amides is 1. The smallest absolute Gasteiger partial charge is 0.267 e. The van der Waals surface area contributed by atoms with E-state index in [0.717, 1.165) is 12.5 Å². The number of hydrogen-bond acceptors (Lipinski definition) is 2. The van der Waals surface area contributed by atoms with Gasteiger partial charge in [-0.05, 0) is 43.1 Å². The van der Waals surface area contributed by atoms with E-state index < -0.39 is 0 Å². The first-order valence-electron chi connectivity index (χ1n) is 5.92. The van der Waals surface area contributed by atoms with Crippen molar-refractivity contribution >= 4 is 11.6 Å². The van der Waals surface area contributed by atoms with Gasteiger partial charge in [-0.3, -0.25) is 4.79 Å². The van der Waals surface area contributed by atoms with E-state index in [-0.39, 0.29) is 5.91 Å². The molecule has 1 heterocycles. The summed E-state index contributed by atoms with van der Waals surface area (Å²) in [5.41, 5.74) is 7.17. The Morgan fingerprint density at radius 2 is 2.31 bits per heavy atom. The summed E-state index contributed by atoms with van der Waals surface area (Å²) in [6.07, 6.45) is 6.91. The average molecular weight is 219 g/mol. The van der Waals surface area contributed by atoms with Gasteiger partial charge in [0.2, 0.25) is 0 Å². The van der Waals surface area contributed by atoms with Crippen LogP contribution in [-0.2, 0) is 0 Å². The summed E-state index contributed by atoms with van der Waals surface area (Å²) in [5.74, 6) is 0.838. The molecule has 0 aliphatic heterocycles. The molecule has 4 nitrogen and oxygen atoms in total. The topological polar surface area (TPSA) is 70.9 Å². The maximum absolute atomic E-state index is 11.8. The van der Waals surface area contributed by atoms with Gasteiger partial charge in [-0.15, -0.1) is 0 Å². The lowest BCUT2D eigenvalue weighted by Gasteiger charge is -2.14. The summed E-state index contributed by atoms with van der Waals surface area (Å²) in [6.45, 7) is 0.829. The number of aromatic nitrogens is 1. The van der Waals surface area contributed by atoms with Gasteiger partial charge in [-0.25, -0.2) is 0 Å². The maximum Gasteiger partial charge on any atom is 0.267 e. The lowest BCUT2D eigenvalue weighted by molar-refractivity contribution is 0.0938. The fraction of sp³-hybridized carbons (Fsp3) is 0.583. The Morgan fingerprint density at radius 3 is 2.81 bits per heavy atom. The highest BCUT2D eigenvalue weighted by atomic mass is 16.1. The molecule has 2 aliphatic rings. The van der Waals surface area contributed by atoms with Crippen LogP contribution < -0.4 is 11.1 Å². The summed E-state index contributed by atoms with van der Waals surface area (Å²) in [7, 11) is 0. The van der Waals surface area contributed by atoms with Gasteiger partial charge in [-0.1, -0.05) is 0 Å². The van der Waals surface area contributed by atoms with Crippen LogP contribution in [0.4, 0.5) is 5.69 Å². The van der Waals surface area contributed by atoms with Crippen LogP contribution in [0.3, 0.4) is 0 Å². The lowest BCUT2D eigenvalue weighted by Crippen LogP contribution is -2.31. The van der Waals surface area contributed by atoms with Crippen molar-refractivity contribution in [2.75, 3.05) is 12.3 Å². The molecule has 3 rings (SSSR count). The number of anilines is 1. The molecule has 0 saturated heterocycles. The summed E-state index contributed by atoms with van der Waals surface area (Å²) >= 11 is 0. The number of H-pyrrole nitrogens is 1. The van der Waals surface area contributed by atoms with E-state index in [4.69, 9.17) is 5.73 Å². The van der Waals surface area contributed by atoms with Gasteiger partial charge >= 0.3 is 0 Å². The zero-order valence-electron chi connectivity index (χ0n) is 9.25. The summed E-state index contributed by atoms with van der Waals surface area (Å²) in [5, 5.41) is 3.01. The quantitative estimate of drug-likeness (QED) is 0.718. The Kier molecular flexibility index (Phi) is 1.99. The van der Waals surface area contributed by atoms with Crippen LogP contribution in [0.25, 0.3) is 0 Å². The number of hydrogen-bond donors (Lipinski definition) is 3. The Morgan fingerprint density at radius 1 is 1.56 bits per heavy atom. The second-order valence-corrected chi connectivity index (χ2v) is 5.17. The van der Waals surface area contributed by atoms with Crippen molar-refractivity contribution in [2.45, 2.75) is 25.7 Å². The van der Waals surface area contributed by atoms with Gasteiger partial charge in [0.15, 0.2) is 0 Å². The molecule has 0 unspecified atom stereocenters. The highest BCUT2D eigenvalue weighted by Gasteiger charge is 2.53. The first-order chi connectivity index (χ1) is 7.70. The third-order valence-electron chi connectivity index (χ3n) is 3.89. The largest absolute Gasteiger partial charge is 0.397 e. The molecule has 4 N–H and O–H groups in total. The maximum atomic E-state index is 11.8. The van der Waals surface area contributed by atoms with Crippen molar-refractivity contribution < 1.29 is 4.79 Å². The summed E-state index contributed by atoms with van der Waals surface area (Å²) in [4.78, 5) is 14.6. The lowest BCUT2D eigenvalue weighted by atomic mass is 10.0. The molecule has 1 aromatic rings. The van der Waals surface area contributed by atoms with Crippen LogP contribution in [0.2, 0.25) is 0 Å². The van der Waals surface area contributed by atoms with Gasteiger partial charge in [0.25, 0.3) is 5.91 Å². The zero-order valence-corrected chi connectivity index (χ0v) is 9.25. The molecule has 16 heavy (non-hydrogen) atoms. The number of carbonyl (C=O) groups excluding carboxylic acids is 1. The molecule has 0 aromatic carbocycles. The average Bonchev–Trinajstić information content (AvgIpc) is 3.14. The zero-order chi connectivity index (χ0) is 11.2. The Labute approximate surface area is 94.6 Å². The van der Waals surface area contributed by atoms with Crippen LogP contribution in [-0.4, -0.2) is 17.4 Å². The number of rotatable bonds is 4. The van der Waals surface area contributed by atoms with E-state index in [1.54, 1.807) is 12.3 Å². The molecule has 2 saturated carbocycles. The molecule has 1 aromatic heterocycles. The van der Waals surface area contributed by atoms with Gasteiger partial charge in [0.05, 0.1) is 0 Å². The third kappa shape index (κ3) is 1.68. The number of aromatic amines is 1. The van der Waals surface area contributed by atoms with Gasteiger partial charge < -0.3 is 16.0 Å². The molecular formula is C12H17N3O. The standard InChI is InChI=1S/C12H17N3O/c13-9-5-10(14-6-9)11(16)15-7-12(3-4-12)8-1-2-8/h5-6,8,14H,1-4,7,13H2,(H,15,16). The summed E-state index contributed by atoms with van der Waals surface area (Å²) < 4.78 is 0.